The Balaban J connectivity index is 2.50. The van der Waals surface area contributed by atoms with Crippen LogP contribution >= 0.6 is 15.9 Å². The number of halogens is 1. The lowest BCUT2D eigenvalue weighted by Crippen LogP contribution is -2.26. The number of aromatic hydroxyl groups is 1. The van der Waals surface area contributed by atoms with E-state index in [4.69, 9.17) is 9.47 Å². The number of carboxylic acids is 1. The molecule has 1 aromatic carbocycles. The Hall–Kier alpha value is -1.43. The maximum absolute atomic E-state index is 11.3. The van der Waals surface area contributed by atoms with Crippen LogP contribution in [0.25, 0.3) is 0 Å². The largest absolute Gasteiger partial charge is 0.506 e. The highest BCUT2D eigenvalue weighted by Crippen LogP contribution is 2.45. The van der Waals surface area contributed by atoms with Crippen LogP contribution in [0.2, 0.25) is 0 Å². The minimum Gasteiger partial charge on any atom is -0.506 e. The van der Waals surface area contributed by atoms with E-state index in [-0.39, 0.29) is 12.2 Å². The Kier molecular flexibility index (Phi) is 4.13. The number of rotatable bonds is 3. The zero-order valence-corrected chi connectivity index (χ0v) is 13.0. The Morgan fingerprint density at radius 2 is 2.05 bits per heavy atom. The Morgan fingerprint density at radius 1 is 1.40 bits per heavy atom. The van der Waals surface area contributed by atoms with Crippen molar-refractivity contribution in [3.05, 3.63) is 16.1 Å². The van der Waals surface area contributed by atoms with Crippen molar-refractivity contribution < 1.29 is 24.5 Å². The number of hydrogen-bond acceptors (Lipinski definition) is 4. The van der Waals surface area contributed by atoms with Gasteiger partial charge < -0.3 is 19.7 Å². The molecule has 1 aliphatic rings. The van der Waals surface area contributed by atoms with Gasteiger partial charge in [-0.05, 0) is 36.2 Å². The molecule has 0 unspecified atom stereocenters. The molecule has 2 N–H and O–H groups in total. The van der Waals surface area contributed by atoms with Gasteiger partial charge in [0.25, 0.3) is 0 Å². The van der Waals surface area contributed by atoms with Crippen LogP contribution in [0.15, 0.2) is 10.5 Å². The lowest BCUT2D eigenvalue weighted by Gasteiger charge is -2.22. The van der Waals surface area contributed by atoms with E-state index in [1.807, 2.05) is 0 Å². The molecule has 0 saturated carbocycles. The van der Waals surface area contributed by atoms with Gasteiger partial charge in [-0.15, -0.1) is 0 Å². The van der Waals surface area contributed by atoms with Crippen molar-refractivity contribution in [1.29, 1.82) is 0 Å². The van der Waals surface area contributed by atoms with Crippen molar-refractivity contribution in [2.24, 2.45) is 5.41 Å². The molecule has 1 aliphatic heterocycles. The normalized spacial score (nSPS) is 14.8. The van der Waals surface area contributed by atoms with E-state index in [1.54, 1.807) is 19.9 Å². The maximum atomic E-state index is 11.3. The van der Waals surface area contributed by atoms with Crippen molar-refractivity contribution in [3.63, 3.8) is 0 Å². The summed E-state index contributed by atoms with van der Waals surface area (Å²) < 4.78 is 11.7. The van der Waals surface area contributed by atoms with Crippen LogP contribution in [0.1, 0.15) is 25.8 Å². The standard InChI is InChI=1S/C14H17BrO5/c1-14(2,13(17)18)7-8-11(16)9(15)6-10-12(8)20-5-3-4-19-10/h6,16H,3-5,7H2,1-2H3,(H,17,18). The molecule has 0 atom stereocenters. The number of benzene rings is 1. The van der Waals surface area contributed by atoms with Gasteiger partial charge in [-0.1, -0.05) is 0 Å². The minimum absolute atomic E-state index is 0.00331. The summed E-state index contributed by atoms with van der Waals surface area (Å²) in [5, 5.41) is 19.5. The summed E-state index contributed by atoms with van der Waals surface area (Å²) in [7, 11) is 0. The highest BCUT2D eigenvalue weighted by Gasteiger charge is 2.32. The van der Waals surface area contributed by atoms with Crippen LogP contribution in [-0.2, 0) is 11.2 Å². The van der Waals surface area contributed by atoms with Gasteiger partial charge in [-0.25, -0.2) is 0 Å². The third-order valence-electron chi connectivity index (χ3n) is 3.26. The van der Waals surface area contributed by atoms with Gasteiger partial charge in [0.15, 0.2) is 11.5 Å². The highest BCUT2D eigenvalue weighted by molar-refractivity contribution is 9.10. The molecule has 110 valence electrons. The quantitative estimate of drug-likeness (QED) is 0.881. The Morgan fingerprint density at radius 3 is 2.70 bits per heavy atom. The van der Waals surface area contributed by atoms with Crippen molar-refractivity contribution in [2.75, 3.05) is 13.2 Å². The molecule has 0 spiro atoms. The van der Waals surface area contributed by atoms with Crippen LogP contribution in [0.3, 0.4) is 0 Å². The molecule has 6 heteroatoms. The SMILES string of the molecule is CC(C)(Cc1c(O)c(Br)cc2c1OCCCO2)C(=O)O. The zero-order chi connectivity index (χ0) is 14.9. The van der Waals surface area contributed by atoms with Gasteiger partial charge in [-0.3, -0.25) is 4.79 Å². The molecule has 0 saturated heterocycles. The first-order valence-corrected chi connectivity index (χ1v) is 7.15. The second-order valence-corrected chi connectivity index (χ2v) is 6.28. The van der Waals surface area contributed by atoms with E-state index in [1.165, 1.54) is 0 Å². The van der Waals surface area contributed by atoms with Crippen LogP contribution in [0.4, 0.5) is 0 Å². The third kappa shape index (κ3) is 2.85. The van der Waals surface area contributed by atoms with Gasteiger partial charge in [0.1, 0.15) is 5.75 Å². The summed E-state index contributed by atoms with van der Waals surface area (Å²) in [6.07, 6.45) is 0.897. The summed E-state index contributed by atoms with van der Waals surface area (Å²) in [5.41, 5.74) is -0.550. The first-order chi connectivity index (χ1) is 9.33. The number of aliphatic carboxylic acids is 1. The molecule has 5 nitrogen and oxygen atoms in total. The smallest absolute Gasteiger partial charge is 0.309 e. The average Bonchev–Trinajstić information content (AvgIpc) is 2.59. The number of hydrogen-bond donors (Lipinski definition) is 2. The molecule has 20 heavy (non-hydrogen) atoms. The summed E-state index contributed by atoms with van der Waals surface area (Å²) in [5.74, 6) is 0.0460. The van der Waals surface area contributed by atoms with E-state index in [2.05, 4.69) is 15.9 Å². The van der Waals surface area contributed by atoms with E-state index in [9.17, 15) is 15.0 Å². The number of fused-ring (bicyclic) bond motifs is 1. The Labute approximate surface area is 125 Å². The van der Waals surface area contributed by atoms with E-state index >= 15 is 0 Å². The fourth-order valence-corrected chi connectivity index (χ4v) is 2.46. The van der Waals surface area contributed by atoms with Crippen LogP contribution in [0.5, 0.6) is 17.2 Å². The molecule has 0 amide bonds. The molecular weight excluding hydrogens is 328 g/mol. The van der Waals surface area contributed by atoms with E-state index < -0.39 is 11.4 Å². The maximum Gasteiger partial charge on any atom is 0.309 e. The fourth-order valence-electron chi connectivity index (χ4n) is 2.01. The first-order valence-electron chi connectivity index (χ1n) is 6.36. The minimum atomic E-state index is -1.01. The third-order valence-corrected chi connectivity index (χ3v) is 3.86. The van der Waals surface area contributed by atoms with E-state index in [0.717, 1.165) is 6.42 Å². The topological polar surface area (TPSA) is 76.0 Å². The second-order valence-electron chi connectivity index (χ2n) is 5.43. The Bertz CT molecular complexity index is 539. The van der Waals surface area contributed by atoms with Gasteiger partial charge in [0.2, 0.25) is 0 Å². The monoisotopic (exact) mass is 344 g/mol. The second kappa shape index (κ2) is 5.52. The molecule has 1 heterocycles. The van der Waals surface area contributed by atoms with Gasteiger partial charge in [-0.2, -0.15) is 0 Å². The summed E-state index contributed by atoms with van der Waals surface area (Å²) >= 11 is 3.26. The predicted octanol–water partition coefficient (Wildman–Crippen LogP) is 2.97. The summed E-state index contributed by atoms with van der Waals surface area (Å²) in [6, 6.07) is 1.65. The molecule has 0 aromatic heterocycles. The molecule has 1 aromatic rings. The number of carboxylic acid groups (broad SMARTS) is 1. The van der Waals surface area contributed by atoms with Crippen molar-refractivity contribution in [1.82, 2.24) is 0 Å². The number of phenolic OH excluding ortho intramolecular Hbond substituents is 1. The molecule has 2 rings (SSSR count). The summed E-state index contributed by atoms with van der Waals surface area (Å²) in [6.45, 7) is 4.24. The van der Waals surface area contributed by atoms with Crippen molar-refractivity contribution in [2.45, 2.75) is 26.7 Å². The van der Waals surface area contributed by atoms with Gasteiger partial charge >= 0.3 is 5.97 Å². The number of phenols is 1. The molecular formula is C14H17BrO5. The highest BCUT2D eigenvalue weighted by atomic mass is 79.9. The fraction of sp³-hybridized carbons (Fsp3) is 0.500. The van der Waals surface area contributed by atoms with Crippen molar-refractivity contribution >= 4 is 21.9 Å². The van der Waals surface area contributed by atoms with Crippen LogP contribution in [0, 0.1) is 5.41 Å². The first kappa shape index (κ1) is 15.0. The molecule has 0 radical (unpaired) electrons. The van der Waals surface area contributed by atoms with Gasteiger partial charge in [0, 0.05) is 18.1 Å². The van der Waals surface area contributed by atoms with Crippen molar-refractivity contribution in [3.8, 4) is 17.2 Å². The number of carbonyl (C=O) groups is 1. The van der Waals surface area contributed by atoms with E-state index in [0.29, 0.717) is 34.7 Å². The lowest BCUT2D eigenvalue weighted by atomic mass is 9.85. The van der Waals surface area contributed by atoms with Gasteiger partial charge in [0.05, 0.1) is 23.1 Å². The predicted molar refractivity (Wildman–Crippen MR) is 76.5 cm³/mol. The lowest BCUT2D eigenvalue weighted by molar-refractivity contribution is -0.146. The zero-order valence-electron chi connectivity index (χ0n) is 11.4. The molecule has 0 fully saturated rings. The molecule has 0 aliphatic carbocycles. The number of ether oxygens (including phenoxy) is 2. The average molecular weight is 345 g/mol. The molecule has 0 bridgehead atoms. The summed E-state index contributed by atoms with van der Waals surface area (Å²) in [4.78, 5) is 11.3. The van der Waals surface area contributed by atoms with Crippen LogP contribution < -0.4 is 9.47 Å². The van der Waals surface area contributed by atoms with Crippen LogP contribution in [-0.4, -0.2) is 29.4 Å².